The maximum atomic E-state index is 13.0. The molecule has 1 aliphatic carbocycles. The Labute approximate surface area is 161 Å². The van der Waals surface area contributed by atoms with Crippen LogP contribution < -0.4 is 0 Å². The Bertz CT molecular complexity index is 913. The predicted molar refractivity (Wildman–Crippen MR) is 105 cm³/mol. The van der Waals surface area contributed by atoms with Crippen LogP contribution in [0.4, 0.5) is 0 Å². The molecule has 7 heteroatoms. The monoisotopic (exact) mass is 380 g/mol. The zero-order chi connectivity index (χ0) is 18.5. The van der Waals surface area contributed by atoms with Gasteiger partial charge in [0.15, 0.2) is 11.5 Å². The number of nitrogens with zero attached hydrogens (tertiary/aromatic N) is 4. The van der Waals surface area contributed by atoms with Crippen LogP contribution in [-0.4, -0.2) is 32.3 Å². The van der Waals surface area contributed by atoms with Crippen molar-refractivity contribution >= 4 is 29.1 Å². The summed E-state index contributed by atoms with van der Waals surface area (Å²) in [5, 5.41) is 14.0. The molecular formula is C20H20N4O2S. The Hall–Kier alpha value is -2.80. The number of aromatic nitrogens is 4. The second kappa shape index (κ2) is 8.26. The topological polar surface area (TPSA) is 69.9 Å². The number of rotatable bonds is 5. The first-order valence-corrected chi connectivity index (χ1v) is 9.99. The van der Waals surface area contributed by atoms with Crippen LogP contribution in [0, 0.1) is 0 Å². The van der Waals surface area contributed by atoms with Gasteiger partial charge in [-0.2, -0.15) is 4.68 Å². The van der Waals surface area contributed by atoms with Crippen molar-refractivity contribution in [2.45, 2.75) is 38.2 Å². The van der Waals surface area contributed by atoms with E-state index in [0.717, 1.165) is 36.1 Å². The van der Waals surface area contributed by atoms with E-state index in [1.807, 2.05) is 47.8 Å². The summed E-state index contributed by atoms with van der Waals surface area (Å²) in [5.74, 6) is 0.124. The highest BCUT2D eigenvalue weighted by molar-refractivity contribution is 7.10. The van der Waals surface area contributed by atoms with E-state index in [9.17, 15) is 4.79 Å². The van der Waals surface area contributed by atoms with Gasteiger partial charge in [0.25, 0.3) is 0 Å². The maximum Gasteiger partial charge on any atom is 0.357 e. The van der Waals surface area contributed by atoms with Crippen molar-refractivity contribution < 1.29 is 9.53 Å². The van der Waals surface area contributed by atoms with Gasteiger partial charge in [-0.3, -0.25) is 0 Å². The van der Waals surface area contributed by atoms with Crippen LogP contribution in [0.1, 0.15) is 37.0 Å². The number of carbonyl (C=O) groups excluding carboxylic acids is 1. The summed E-state index contributed by atoms with van der Waals surface area (Å²) in [6.07, 6.45) is 6.99. The van der Waals surface area contributed by atoms with Crippen molar-refractivity contribution in [3.8, 4) is 11.4 Å². The highest BCUT2D eigenvalue weighted by atomic mass is 32.1. The second-order valence-corrected chi connectivity index (χ2v) is 7.47. The average molecular weight is 380 g/mol. The molecule has 0 saturated heterocycles. The van der Waals surface area contributed by atoms with Gasteiger partial charge in [-0.25, -0.2) is 4.79 Å². The van der Waals surface area contributed by atoms with Crippen molar-refractivity contribution in [3.05, 3.63) is 52.7 Å². The van der Waals surface area contributed by atoms with Crippen LogP contribution in [-0.2, 0) is 9.53 Å². The molecular weight excluding hydrogens is 360 g/mol. The van der Waals surface area contributed by atoms with Crippen molar-refractivity contribution in [2.24, 2.45) is 0 Å². The molecule has 3 aromatic rings. The molecule has 138 valence electrons. The minimum atomic E-state index is -0.389. The fourth-order valence-corrected chi connectivity index (χ4v) is 3.88. The van der Waals surface area contributed by atoms with E-state index in [2.05, 4.69) is 15.5 Å². The molecule has 2 aromatic heterocycles. The molecule has 0 radical (unpaired) electrons. The quantitative estimate of drug-likeness (QED) is 0.488. The molecule has 0 bridgehead atoms. The van der Waals surface area contributed by atoms with Crippen LogP contribution in [0.15, 0.2) is 47.8 Å². The molecule has 1 saturated carbocycles. The molecule has 0 atom stereocenters. The first kappa shape index (κ1) is 17.6. The summed E-state index contributed by atoms with van der Waals surface area (Å²) in [4.78, 5) is 14.0. The summed E-state index contributed by atoms with van der Waals surface area (Å²) >= 11 is 1.55. The number of carbonyl (C=O) groups is 1. The lowest BCUT2D eigenvalue weighted by Gasteiger charge is -2.22. The molecule has 4 rings (SSSR count). The fourth-order valence-electron chi connectivity index (χ4n) is 3.23. The zero-order valence-corrected chi connectivity index (χ0v) is 15.6. The Morgan fingerprint density at radius 1 is 1.11 bits per heavy atom. The smallest absolute Gasteiger partial charge is 0.357 e. The standard InChI is InChI=1S/C20H20N4O2S/c25-20(26-16-10-5-2-6-11-16)18(14-17-12-7-13-27-17)24-19(21-22-23-24)15-8-3-1-4-9-15/h1,3-4,7-9,12-14,16H,2,5-6,10-11H2/b18-14-. The number of hydrogen-bond donors (Lipinski definition) is 0. The first-order chi connectivity index (χ1) is 13.3. The highest BCUT2D eigenvalue weighted by Gasteiger charge is 2.24. The molecule has 1 aromatic carbocycles. The van der Waals surface area contributed by atoms with Crippen LogP contribution >= 0.6 is 11.3 Å². The van der Waals surface area contributed by atoms with E-state index in [-0.39, 0.29) is 12.1 Å². The van der Waals surface area contributed by atoms with Crippen LogP contribution in [0.5, 0.6) is 0 Å². The second-order valence-electron chi connectivity index (χ2n) is 6.49. The third-order valence-corrected chi connectivity index (χ3v) is 5.41. The van der Waals surface area contributed by atoms with Gasteiger partial charge in [-0.15, -0.1) is 16.4 Å². The van der Waals surface area contributed by atoms with Crippen molar-refractivity contribution in [1.82, 2.24) is 20.2 Å². The lowest BCUT2D eigenvalue weighted by atomic mass is 9.98. The van der Waals surface area contributed by atoms with Crippen molar-refractivity contribution in [2.75, 3.05) is 0 Å². The van der Waals surface area contributed by atoms with Crippen LogP contribution in [0.3, 0.4) is 0 Å². The van der Waals surface area contributed by atoms with E-state index in [4.69, 9.17) is 4.74 Å². The molecule has 2 heterocycles. The average Bonchev–Trinajstić information content (AvgIpc) is 3.39. The summed E-state index contributed by atoms with van der Waals surface area (Å²) in [5.41, 5.74) is 1.16. The molecule has 1 fully saturated rings. The van der Waals surface area contributed by atoms with E-state index in [1.54, 1.807) is 17.4 Å². The summed E-state index contributed by atoms with van der Waals surface area (Å²) in [6, 6.07) is 13.5. The normalized spacial score (nSPS) is 15.6. The Balaban J connectivity index is 1.69. The number of benzene rings is 1. The Morgan fingerprint density at radius 3 is 2.67 bits per heavy atom. The third-order valence-electron chi connectivity index (χ3n) is 4.59. The van der Waals surface area contributed by atoms with Gasteiger partial charge in [-0.1, -0.05) is 42.8 Å². The molecule has 0 unspecified atom stereocenters. The fraction of sp³-hybridized carbons (Fsp3) is 0.300. The number of hydrogen-bond acceptors (Lipinski definition) is 6. The van der Waals surface area contributed by atoms with Crippen molar-refractivity contribution in [3.63, 3.8) is 0 Å². The van der Waals surface area contributed by atoms with E-state index >= 15 is 0 Å². The number of tetrazole rings is 1. The SMILES string of the molecule is O=C(OC1CCCCC1)/C(=C/c1cccs1)n1nnnc1-c1ccccc1. The maximum absolute atomic E-state index is 13.0. The predicted octanol–water partition coefficient (Wildman–Crippen LogP) is 4.28. The minimum Gasteiger partial charge on any atom is -0.458 e. The number of thiophene rings is 1. The van der Waals surface area contributed by atoms with E-state index < -0.39 is 0 Å². The van der Waals surface area contributed by atoms with Gasteiger partial charge < -0.3 is 4.74 Å². The van der Waals surface area contributed by atoms with E-state index in [0.29, 0.717) is 11.5 Å². The van der Waals surface area contributed by atoms with Crippen LogP contribution in [0.25, 0.3) is 23.2 Å². The third kappa shape index (κ3) is 4.14. The van der Waals surface area contributed by atoms with E-state index in [1.165, 1.54) is 11.1 Å². The van der Waals surface area contributed by atoms with Gasteiger partial charge in [0, 0.05) is 10.4 Å². The van der Waals surface area contributed by atoms with Crippen LogP contribution in [0.2, 0.25) is 0 Å². The highest BCUT2D eigenvalue weighted by Crippen LogP contribution is 2.25. The van der Waals surface area contributed by atoms with Gasteiger partial charge in [0.2, 0.25) is 0 Å². The minimum absolute atomic E-state index is 0.0327. The molecule has 0 N–H and O–H groups in total. The molecule has 27 heavy (non-hydrogen) atoms. The zero-order valence-electron chi connectivity index (χ0n) is 14.8. The summed E-state index contributed by atoms with van der Waals surface area (Å²) in [7, 11) is 0. The van der Waals surface area contributed by atoms with Crippen molar-refractivity contribution in [1.29, 1.82) is 0 Å². The number of ether oxygens (including phenoxy) is 1. The Kier molecular flexibility index (Phi) is 5.39. The molecule has 0 amide bonds. The van der Waals surface area contributed by atoms with Gasteiger partial charge >= 0.3 is 5.97 Å². The van der Waals surface area contributed by atoms with Gasteiger partial charge in [-0.05, 0) is 53.6 Å². The Morgan fingerprint density at radius 2 is 1.93 bits per heavy atom. The van der Waals surface area contributed by atoms with Gasteiger partial charge in [0.05, 0.1) is 0 Å². The largest absolute Gasteiger partial charge is 0.458 e. The number of esters is 1. The van der Waals surface area contributed by atoms with Gasteiger partial charge in [0.1, 0.15) is 6.10 Å². The first-order valence-electron chi connectivity index (χ1n) is 9.11. The lowest BCUT2D eigenvalue weighted by Crippen LogP contribution is -2.23. The molecule has 0 spiro atoms. The molecule has 6 nitrogen and oxygen atoms in total. The molecule has 0 aliphatic heterocycles. The molecule has 1 aliphatic rings. The summed E-state index contributed by atoms with van der Waals surface area (Å²) in [6.45, 7) is 0. The summed E-state index contributed by atoms with van der Waals surface area (Å²) < 4.78 is 7.27. The lowest BCUT2D eigenvalue weighted by molar-refractivity contribution is -0.143.